The average molecular weight is 270 g/mol. The highest BCUT2D eigenvalue weighted by atomic mass is 16.2. The van der Waals surface area contributed by atoms with E-state index in [-0.39, 0.29) is 0 Å². The van der Waals surface area contributed by atoms with Crippen LogP contribution in [0.1, 0.15) is 58.8 Å². The van der Waals surface area contributed by atoms with Crippen molar-refractivity contribution in [1.29, 1.82) is 0 Å². The topological polar surface area (TPSA) is 35.5 Å². The van der Waals surface area contributed by atoms with E-state index in [1.165, 1.54) is 45.2 Å². The summed E-state index contributed by atoms with van der Waals surface area (Å²) >= 11 is 0. The largest absolute Gasteiger partial charge is 0.396 e. The molecule has 19 heavy (non-hydrogen) atoms. The van der Waals surface area contributed by atoms with Gasteiger partial charge in [-0.25, -0.2) is 0 Å². The molecule has 3 heteroatoms. The number of unbranched alkanes of at least 4 members (excludes halogenated alkanes) is 2. The van der Waals surface area contributed by atoms with Crippen LogP contribution < -0.4 is 5.32 Å². The van der Waals surface area contributed by atoms with E-state index in [1.54, 1.807) is 0 Å². The second-order valence-electron chi connectivity index (χ2n) is 6.38. The van der Waals surface area contributed by atoms with Crippen LogP contribution in [-0.4, -0.2) is 49.3 Å². The zero-order chi connectivity index (χ0) is 14.1. The normalized spacial score (nSPS) is 16.3. The van der Waals surface area contributed by atoms with Gasteiger partial charge in [0.2, 0.25) is 0 Å². The van der Waals surface area contributed by atoms with Gasteiger partial charge in [-0.2, -0.15) is 0 Å². The minimum absolute atomic E-state index is 0.336. The lowest BCUT2D eigenvalue weighted by Gasteiger charge is -2.36. The minimum Gasteiger partial charge on any atom is -0.396 e. The van der Waals surface area contributed by atoms with Gasteiger partial charge in [-0.15, -0.1) is 0 Å². The molecule has 0 aromatic carbocycles. The van der Waals surface area contributed by atoms with Gasteiger partial charge in [-0.05, 0) is 64.0 Å². The molecule has 0 heterocycles. The lowest BCUT2D eigenvalue weighted by molar-refractivity contribution is 0.152. The second kappa shape index (κ2) is 8.93. The van der Waals surface area contributed by atoms with Gasteiger partial charge in [-0.1, -0.05) is 13.8 Å². The van der Waals surface area contributed by atoms with E-state index in [0.29, 0.717) is 12.0 Å². The molecule has 3 nitrogen and oxygen atoms in total. The number of hydrogen-bond acceptors (Lipinski definition) is 3. The van der Waals surface area contributed by atoms with Crippen LogP contribution in [0.2, 0.25) is 0 Å². The highest BCUT2D eigenvalue weighted by Crippen LogP contribution is 2.29. The van der Waals surface area contributed by atoms with Gasteiger partial charge in [0.1, 0.15) is 0 Å². The quantitative estimate of drug-likeness (QED) is 0.535. The highest BCUT2D eigenvalue weighted by molar-refractivity contribution is 4.88. The van der Waals surface area contributed by atoms with Crippen LogP contribution in [0.3, 0.4) is 0 Å². The van der Waals surface area contributed by atoms with E-state index in [9.17, 15) is 0 Å². The summed E-state index contributed by atoms with van der Waals surface area (Å²) in [5.41, 5.74) is 0.439. The molecule has 0 atom stereocenters. The summed E-state index contributed by atoms with van der Waals surface area (Å²) in [4.78, 5) is 2.49. The van der Waals surface area contributed by atoms with Gasteiger partial charge in [0, 0.05) is 25.7 Å². The van der Waals surface area contributed by atoms with Crippen LogP contribution in [-0.2, 0) is 0 Å². The van der Waals surface area contributed by atoms with Crippen molar-refractivity contribution in [3.63, 3.8) is 0 Å². The van der Waals surface area contributed by atoms with Crippen LogP contribution in [0.5, 0.6) is 0 Å². The second-order valence-corrected chi connectivity index (χ2v) is 6.38. The predicted molar refractivity (Wildman–Crippen MR) is 82.5 cm³/mol. The molecule has 0 amide bonds. The molecule has 0 aromatic rings. The van der Waals surface area contributed by atoms with Crippen molar-refractivity contribution in [1.82, 2.24) is 10.2 Å². The number of rotatable bonds is 12. The molecular weight excluding hydrogens is 236 g/mol. The Morgan fingerprint density at radius 3 is 2.37 bits per heavy atom. The van der Waals surface area contributed by atoms with Crippen molar-refractivity contribution < 1.29 is 5.11 Å². The van der Waals surface area contributed by atoms with Crippen LogP contribution >= 0.6 is 0 Å². The Labute approximate surface area is 119 Å². The Bertz CT molecular complexity index is 225. The maximum atomic E-state index is 8.80. The maximum Gasteiger partial charge on any atom is 0.0431 e. The highest BCUT2D eigenvalue weighted by Gasteiger charge is 2.30. The predicted octanol–water partition coefficient (Wildman–Crippen LogP) is 2.64. The summed E-state index contributed by atoms with van der Waals surface area (Å²) in [6.45, 7) is 8.52. The zero-order valence-electron chi connectivity index (χ0n) is 13.2. The Balaban J connectivity index is 2.28. The van der Waals surface area contributed by atoms with Crippen LogP contribution in [0.25, 0.3) is 0 Å². The standard InChI is InChI=1S/C16H34N2O/c1-4-16(5-2,13-17-15-9-10-15)14-18(3)11-7-6-8-12-19/h15,17,19H,4-14H2,1-3H3. The molecule has 2 N–H and O–H groups in total. The molecule has 1 aliphatic carbocycles. The number of nitrogens with zero attached hydrogens (tertiary/aromatic N) is 1. The molecule has 0 aromatic heterocycles. The van der Waals surface area contributed by atoms with Gasteiger partial charge in [-0.3, -0.25) is 0 Å². The zero-order valence-corrected chi connectivity index (χ0v) is 13.2. The molecule has 1 saturated carbocycles. The first-order valence-electron chi connectivity index (χ1n) is 8.18. The van der Waals surface area contributed by atoms with Crippen LogP contribution in [0.4, 0.5) is 0 Å². The van der Waals surface area contributed by atoms with Gasteiger partial charge >= 0.3 is 0 Å². The van der Waals surface area contributed by atoms with E-state index in [2.05, 4.69) is 31.1 Å². The molecule has 0 saturated heterocycles. The lowest BCUT2D eigenvalue weighted by atomic mass is 9.81. The van der Waals surface area contributed by atoms with Crippen LogP contribution in [0, 0.1) is 5.41 Å². The van der Waals surface area contributed by atoms with Crippen molar-refractivity contribution in [3.05, 3.63) is 0 Å². The number of aliphatic hydroxyl groups excluding tert-OH is 1. The summed E-state index contributed by atoms with van der Waals surface area (Å²) in [6.07, 6.45) is 8.56. The Kier molecular flexibility index (Phi) is 7.96. The monoisotopic (exact) mass is 270 g/mol. The Morgan fingerprint density at radius 1 is 1.16 bits per heavy atom. The fourth-order valence-corrected chi connectivity index (χ4v) is 2.75. The summed E-state index contributed by atoms with van der Waals surface area (Å²) in [7, 11) is 2.25. The van der Waals surface area contributed by atoms with Gasteiger partial charge < -0.3 is 15.3 Å². The van der Waals surface area contributed by atoms with E-state index in [1.807, 2.05) is 0 Å². The first kappa shape index (κ1) is 16.9. The molecule has 1 rings (SSSR count). The third-order valence-corrected chi connectivity index (χ3v) is 4.65. The van der Waals surface area contributed by atoms with E-state index in [4.69, 9.17) is 5.11 Å². The van der Waals surface area contributed by atoms with E-state index >= 15 is 0 Å². The molecule has 114 valence electrons. The van der Waals surface area contributed by atoms with Crippen LogP contribution in [0.15, 0.2) is 0 Å². The summed E-state index contributed by atoms with van der Waals surface area (Å²) in [5, 5.41) is 12.5. The Morgan fingerprint density at radius 2 is 1.84 bits per heavy atom. The molecule has 1 aliphatic rings. The van der Waals surface area contributed by atoms with Crippen molar-refractivity contribution in [3.8, 4) is 0 Å². The molecule has 0 radical (unpaired) electrons. The first-order chi connectivity index (χ1) is 9.15. The lowest BCUT2D eigenvalue weighted by Crippen LogP contribution is -2.43. The van der Waals surface area contributed by atoms with E-state index < -0.39 is 0 Å². The number of aliphatic hydroxyl groups is 1. The fourth-order valence-electron chi connectivity index (χ4n) is 2.75. The number of nitrogens with one attached hydrogen (secondary N) is 1. The third kappa shape index (κ3) is 6.73. The number of hydrogen-bond donors (Lipinski definition) is 2. The maximum absolute atomic E-state index is 8.80. The van der Waals surface area contributed by atoms with E-state index in [0.717, 1.165) is 25.4 Å². The van der Waals surface area contributed by atoms with Crippen molar-refractivity contribution in [2.24, 2.45) is 5.41 Å². The first-order valence-corrected chi connectivity index (χ1v) is 8.18. The third-order valence-electron chi connectivity index (χ3n) is 4.65. The molecule has 0 spiro atoms. The molecule has 1 fully saturated rings. The molecule has 0 unspecified atom stereocenters. The SMILES string of the molecule is CCC(CC)(CNC1CC1)CN(C)CCCCCO. The smallest absolute Gasteiger partial charge is 0.0431 e. The summed E-state index contributed by atoms with van der Waals surface area (Å²) in [6, 6.07) is 0.812. The molecular formula is C16H34N2O. The molecule has 0 bridgehead atoms. The van der Waals surface area contributed by atoms with Crippen molar-refractivity contribution in [2.45, 2.75) is 64.8 Å². The van der Waals surface area contributed by atoms with Crippen molar-refractivity contribution in [2.75, 3.05) is 33.3 Å². The van der Waals surface area contributed by atoms with Gasteiger partial charge in [0.25, 0.3) is 0 Å². The summed E-state index contributed by atoms with van der Waals surface area (Å²) in [5.74, 6) is 0. The van der Waals surface area contributed by atoms with Gasteiger partial charge in [0.05, 0.1) is 0 Å². The van der Waals surface area contributed by atoms with Gasteiger partial charge in [0.15, 0.2) is 0 Å². The van der Waals surface area contributed by atoms with Crippen molar-refractivity contribution >= 4 is 0 Å². The fraction of sp³-hybridized carbons (Fsp3) is 1.00. The molecule has 0 aliphatic heterocycles. The average Bonchev–Trinajstić information content (AvgIpc) is 3.24. The minimum atomic E-state index is 0.336. The Hall–Kier alpha value is -0.120. The summed E-state index contributed by atoms with van der Waals surface area (Å²) < 4.78 is 0.